The van der Waals surface area contributed by atoms with Crippen LogP contribution in [0.2, 0.25) is 0 Å². The predicted molar refractivity (Wildman–Crippen MR) is 60.7 cm³/mol. The second-order valence-electron chi connectivity index (χ2n) is 4.17. The Bertz CT molecular complexity index is 317. The minimum atomic E-state index is 0.0274. The maximum Gasteiger partial charge on any atom is 0.225 e. The molecule has 0 aliphatic heterocycles. The molecule has 0 saturated heterocycles. The highest BCUT2D eigenvalue weighted by Crippen LogP contribution is 2.09. The standard InChI is InChI=1S/C11H19N3O/c1-4-5-9-7-10(14-13-9)12-11(15)6-8(2)3/h7-8H,4-6H2,1-3H3,(H2,12,13,14,15). The third kappa shape index (κ3) is 4.14. The fraction of sp³-hybridized carbons (Fsp3) is 0.636. The maximum atomic E-state index is 11.4. The largest absolute Gasteiger partial charge is 0.309 e. The van der Waals surface area contributed by atoms with Crippen molar-refractivity contribution in [3.63, 3.8) is 0 Å². The van der Waals surface area contributed by atoms with Gasteiger partial charge in [-0.25, -0.2) is 0 Å². The van der Waals surface area contributed by atoms with E-state index in [9.17, 15) is 4.79 Å². The molecule has 4 heteroatoms. The minimum absolute atomic E-state index is 0.0274. The SMILES string of the molecule is CCCc1cc(NC(=O)CC(C)C)n[nH]1. The summed E-state index contributed by atoms with van der Waals surface area (Å²) < 4.78 is 0. The van der Waals surface area contributed by atoms with Crippen LogP contribution in [0.1, 0.15) is 39.3 Å². The molecule has 15 heavy (non-hydrogen) atoms. The third-order valence-corrected chi connectivity index (χ3v) is 2.01. The van der Waals surface area contributed by atoms with Crippen LogP contribution in [0.5, 0.6) is 0 Å². The number of amides is 1. The lowest BCUT2D eigenvalue weighted by atomic mass is 10.1. The van der Waals surface area contributed by atoms with Crippen molar-refractivity contribution < 1.29 is 4.79 Å². The first-order valence-electron chi connectivity index (χ1n) is 5.46. The number of anilines is 1. The van der Waals surface area contributed by atoms with E-state index in [1.807, 2.05) is 19.9 Å². The van der Waals surface area contributed by atoms with E-state index < -0.39 is 0 Å². The van der Waals surface area contributed by atoms with Gasteiger partial charge in [-0.05, 0) is 12.3 Å². The third-order valence-electron chi connectivity index (χ3n) is 2.01. The summed E-state index contributed by atoms with van der Waals surface area (Å²) in [5.74, 6) is 1.03. The molecule has 0 unspecified atom stereocenters. The van der Waals surface area contributed by atoms with Gasteiger partial charge >= 0.3 is 0 Å². The van der Waals surface area contributed by atoms with E-state index in [1.54, 1.807) is 0 Å². The number of aromatic nitrogens is 2. The first-order chi connectivity index (χ1) is 7.11. The minimum Gasteiger partial charge on any atom is -0.309 e. The summed E-state index contributed by atoms with van der Waals surface area (Å²) >= 11 is 0. The van der Waals surface area contributed by atoms with Crippen LogP contribution in [0, 0.1) is 5.92 Å². The molecule has 0 bridgehead atoms. The van der Waals surface area contributed by atoms with Crippen LogP contribution < -0.4 is 5.32 Å². The number of H-pyrrole nitrogens is 1. The van der Waals surface area contributed by atoms with Gasteiger partial charge in [-0.1, -0.05) is 27.2 Å². The van der Waals surface area contributed by atoms with Crippen molar-refractivity contribution in [3.8, 4) is 0 Å². The molecule has 1 amide bonds. The van der Waals surface area contributed by atoms with Gasteiger partial charge in [-0.2, -0.15) is 5.10 Å². The van der Waals surface area contributed by atoms with Crippen molar-refractivity contribution >= 4 is 11.7 Å². The van der Waals surface area contributed by atoms with E-state index in [0.29, 0.717) is 18.2 Å². The first-order valence-corrected chi connectivity index (χ1v) is 5.46. The Kier molecular flexibility index (Phi) is 4.34. The molecular weight excluding hydrogens is 190 g/mol. The Hall–Kier alpha value is -1.32. The van der Waals surface area contributed by atoms with Gasteiger partial charge in [0.25, 0.3) is 0 Å². The normalized spacial score (nSPS) is 10.7. The summed E-state index contributed by atoms with van der Waals surface area (Å²) in [4.78, 5) is 11.4. The monoisotopic (exact) mass is 209 g/mol. The quantitative estimate of drug-likeness (QED) is 0.782. The highest BCUT2D eigenvalue weighted by molar-refractivity contribution is 5.89. The Labute approximate surface area is 90.5 Å². The van der Waals surface area contributed by atoms with Crippen molar-refractivity contribution in [2.45, 2.75) is 40.0 Å². The Morgan fingerprint density at radius 1 is 1.60 bits per heavy atom. The lowest BCUT2D eigenvalue weighted by molar-refractivity contribution is -0.116. The number of rotatable bonds is 5. The predicted octanol–water partition coefficient (Wildman–Crippen LogP) is 2.35. The molecule has 0 saturated carbocycles. The fourth-order valence-electron chi connectivity index (χ4n) is 1.39. The summed E-state index contributed by atoms with van der Waals surface area (Å²) in [6, 6.07) is 1.89. The lowest BCUT2D eigenvalue weighted by Crippen LogP contribution is -2.13. The molecule has 1 aromatic heterocycles. The van der Waals surface area contributed by atoms with Crippen LogP contribution in [0.4, 0.5) is 5.82 Å². The van der Waals surface area contributed by atoms with Crippen LogP contribution in [0.3, 0.4) is 0 Å². The highest BCUT2D eigenvalue weighted by Gasteiger charge is 2.07. The number of nitrogens with zero attached hydrogens (tertiary/aromatic N) is 1. The van der Waals surface area contributed by atoms with E-state index in [0.717, 1.165) is 18.5 Å². The molecule has 0 spiro atoms. The van der Waals surface area contributed by atoms with E-state index in [-0.39, 0.29) is 5.91 Å². The average Bonchev–Trinajstić information content (AvgIpc) is 2.51. The number of aryl methyl sites for hydroxylation is 1. The fourth-order valence-corrected chi connectivity index (χ4v) is 1.39. The van der Waals surface area contributed by atoms with Crippen LogP contribution in [-0.4, -0.2) is 16.1 Å². The molecule has 0 aliphatic rings. The summed E-state index contributed by atoms with van der Waals surface area (Å²) in [5.41, 5.74) is 1.07. The molecule has 84 valence electrons. The number of carbonyl (C=O) groups is 1. The zero-order chi connectivity index (χ0) is 11.3. The first kappa shape index (κ1) is 11.8. The Morgan fingerprint density at radius 3 is 2.93 bits per heavy atom. The molecule has 0 radical (unpaired) electrons. The molecule has 0 fully saturated rings. The van der Waals surface area contributed by atoms with Gasteiger partial charge in [0.2, 0.25) is 5.91 Å². The van der Waals surface area contributed by atoms with Gasteiger partial charge in [0.15, 0.2) is 5.82 Å². The Morgan fingerprint density at radius 2 is 2.33 bits per heavy atom. The molecule has 4 nitrogen and oxygen atoms in total. The molecule has 0 aliphatic carbocycles. The smallest absolute Gasteiger partial charge is 0.225 e. The van der Waals surface area contributed by atoms with Crippen molar-refractivity contribution in [2.75, 3.05) is 5.32 Å². The molecule has 2 N–H and O–H groups in total. The topological polar surface area (TPSA) is 57.8 Å². The van der Waals surface area contributed by atoms with Crippen LogP contribution in [0.15, 0.2) is 6.07 Å². The van der Waals surface area contributed by atoms with E-state index >= 15 is 0 Å². The van der Waals surface area contributed by atoms with Gasteiger partial charge in [0, 0.05) is 18.2 Å². The number of aromatic amines is 1. The summed E-state index contributed by atoms with van der Waals surface area (Å²) in [6.07, 6.45) is 2.57. The number of hydrogen-bond donors (Lipinski definition) is 2. The molecular formula is C11H19N3O. The van der Waals surface area contributed by atoms with Crippen molar-refractivity contribution in [1.29, 1.82) is 0 Å². The van der Waals surface area contributed by atoms with Gasteiger partial charge in [-0.15, -0.1) is 0 Å². The molecule has 1 heterocycles. The zero-order valence-electron chi connectivity index (χ0n) is 9.63. The lowest BCUT2D eigenvalue weighted by Gasteiger charge is -2.03. The highest BCUT2D eigenvalue weighted by atomic mass is 16.1. The summed E-state index contributed by atoms with van der Waals surface area (Å²) in [6.45, 7) is 6.15. The maximum absolute atomic E-state index is 11.4. The van der Waals surface area contributed by atoms with E-state index in [2.05, 4.69) is 22.4 Å². The van der Waals surface area contributed by atoms with Gasteiger partial charge in [0.1, 0.15) is 0 Å². The average molecular weight is 209 g/mol. The second-order valence-corrected chi connectivity index (χ2v) is 4.17. The molecule has 1 rings (SSSR count). The van der Waals surface area contributed by atoms with Crippen molar-refractivity contribution in [2.24, 2.45) is 5.92 Å². The van der Waals surface area contributed by atoms with Crippen LogP contribution >= 0.6 is 0 Å². The number of hydrogen-bond acceptors (Lipinski definition) is 2. The number of carbonyl (C=O) groups excluding carboxylic acids is 1. The molecule has 0 aromatic carbocycles. The van der Waals surface area contributed by atoms with Gasteiger partial charge < -0.3 is 5.32 Å². The zero-order valence-corrected chi connectivity index (χ0v) is 9.63. The molecule has 0 atom stereocenters. The van der Waals surface area contributed by atoms with Gasteiger partial charge in [0.05, 0.1) is 0 Å². The Balaban J connectivity index is 2.46. The van der Waals surface area contributed by atoms with Gasteiger partial charge in [-0.3, -0.25) is 9.89 Å². The van der Waals surface area contributed by atoms with Crippen molar-refractivity contribution in [3.05, 3.63) is 11.8 Å². The summed E-state index contributed by atoms with van der Waals surface area (Å²) in [7, 11) is 0. The van der Waals surface area contributed by atoms with Crippen LogP contribution in [0.25, 0.3) is 0 Å². The second kappa shape index (κ2) is 5.53. The van der Waals surface area contributed by atoms with E-state index in [4.69, 9.17) is 0 Å². The molecule has 1 aromatic rings. The van der Waals surface area contributed by atoms with E-state index in [1.165, 1.54) is 0 Å². The van der Waals surface area contributed by atoms with Crippen molar-refractivity contribution in [1.82, 2.24) is 10.2 Å². The summed E-state index contributed by atoms with van der Waals surface area (Å²) in [5, 5.41) is 9.70. The van der Waals surface area contributed by atoms with Crippen LogP contribution in [-0.2, 0) is 11.2 Å². The number of nitrogens with one attached hydrogen (secondary N) is 2.